The molecule has 0 unspecified atom stereocenters. The maximum Gasteiger partial charge on any atom is 0.344 e. The Morgan fingerprint density at radius 3 is 1.96 bits per heavy atom. The lowest BCUT2D eigenvalue weighted by molar-refractivity contribution is 0.0726. The predicted molar refractivity (Wildman–Crippen MR) is 107 cm³/mol. The van der Waals surface area contributed by atoms with E-state index in [1.54, 1.807) is 12.1 Å². The summed E-state index contributed by atoms with van der Waals surface area (Å²) < 4.78 is 5.63. The largest absolute Gasteiger partial charge is 0.411 e. The van der Waals surface area contributed by atoms with Crippen LogP contribution in [0.5, 0.6) is 0 Å². The number of benzene rings is 3. The minimum atomic E-state index is -0.518. The monoisotopic (exact) mass is 441 g/mol. The van der Waals surface area contributed by atoms with Gasteiger partial charge in [-0.1, -0.05) is 66.7 Å². The van der Waals surface area contributed by atoms with Crippen LogP contribution in [0.1, 0.15) is 33.0 Å². The van der Waals surface area contributed by atoms with Gasteiger partial charge in [-0.2, -0.15) is 0 Å². The lowest BCUT2D eigenvalue weighted by Crippen LogP contribution is -2.08. The van der Waals surface area contributed by atoms with E-state index < -0.39 is 5.97 Å². The van der Waals surface area contributed by atoms with Gasteiger partial charge >= 0.3 is 5.97 Å². The van der Waals surface area contributed by atoms with Crippen molar-refractivity contribution in [1.82, 2.24) is 0 Å². The van der Waals surface area contributed by atoms with Crippen molar-refractivity contribution < 1.29 is 9.53 Å². The molecule has 0 aliphatic rings. The molecule has 0 bridgehead atoms. The van der Waals surface area contributed by atoms with Crippen molar-refractivity contribution in [3.8, 4) is 0 Å². The first-order chi connectivity index (χ1) is 12.2. The maximum atomic E-state index is 11.8. The van der Waals surface area contributed by atoms with Crippen molar-refractivity contribution in [1.29, 1.82) is 5.41 Å². The molecular weight excluding hydrogens is 425 g/mol. The van der Waals surface area contributed by atoms with Gasteiger partial charge in [-0.3, -0.25) is 5.41 Å². The number of esters is 1. The Morgan fingerprint density at radius 2 is 1.48 bits per heavy atom. The molecule has 0 spiro atoms. The number of hydrogen-bond donors (Lipinski definition) is 1. The van der Waals surface area contributed by atoms with Crippen LogP contribution in [0.4, 0.5) is 0 Å². The van der Waals surface area contributed by atoms with Gasteiger partial charge in [0.1, 0.15) is 0 Å². The van der Waals surface area contributed by atoms with E-state index in [4.69, 9.17) is 5.41 Å². The molecule has 0 fully saturated rings. The Labute approximate surface area is 160 Å². The van der Waals surface area contributed by atoms with Crippen molar-refractivity contribution in [3.05, 3.63) is 105 Å². The van der Waals surface area contributed by atoms with Crippen LogP contribution in [-0.4, -0.2) is 12.4 Å². The van der Waals surface area contributed by atoms with Gasteiger partial charge in [0.25, 0.3) is 0 Å². The summed E-state index contributed by atoms with van der Waals surface area (Å²) in [5.41, 5.74) is 3.96. The molecule has 0 amide bonds. The Hall–Kier alpha value is -2.47. The summed E-state index contributed by atoms with van der Waals surface area (Å²) in [6, 6.07) is 26.1. The van der Waals surface area contributed by atoms with Crippen LogP contribution in [-0.2, 0) is 4.74 Å². The van der Waals surface area contributed by atoms with Crippen molar-refractivity contribution in [2.24, 2.45) is 0 Å². The van der Waals surface area contributed by atoms with E-state index >= 15 is 0 Å². The molecule has 1 N–H and O–H groups in total. The van der Waals surface area contributed by atoms with Gasteiger partial charge in [-0.15, -0.1) is 0 Å². The van der Waals surface area contributed by atoms with Crippen LogP contribution in [0.2, 0.25) is 0 Å². The lowest BCUT2D eigenvalue weighted by atomic mass is 9.85. The third kappa shape index (κ3) is 3.96. The third-order valence-corrected chi connectivity index (χ3v) is 4.91. The molecule has 0 radical (unpaired) electrons. The molecule has 0 aliphatic carbocycles. The molecule has 3 nitrogen and oxygen atoms in total. The molecule has 4 heteroatoms. The molecule has 3 aromatic carbocycles. The minimum Gasteiger partial charge on any atom is -0.411 e. The van der Waals surface area contributed by atoms with Crippen LogP contribution in [0.25, 0.3) is 0 Å². The van der Waals surface area contributed by atoms with E-state index in [0.717, 1.165) is 9.13 Å². The van der Waals surface area contributed by atoms with Gasteiger partial charge in [0.2, 0.25) is 0 Å². The number of ether oxygens (including phenoxy) is 1. The average Bonchev–Trinajstić information content (AvgIpc) is 2.65. The Morgan fingerprint density at radius 1 is 0.920 bits per heavy atom. The molecule has 0 saturated heterocycles. The van der Waals surface area contributed by atoms with Gasteiger partial charge in [0.05, 0.1) is 5.56 Å². The number of nitrogens with one attached hydrogen (secondary N) is 1. The minimum absolute atomic E-state index is 0.0853. The second-order valence-electron chi connectivity index (χ2n) is 5.51. The first-order valence-electron chi connectivity index (χ1n) is 7.80. The summed E-state index contributed by atoms with van der Waals surface area (Å²) in [6.45, 7) is 0. The summed E-state index contributed by atoms with van der Waals surface area (Å²) in [5.74, 6) is -0.433. The van der Waals surface area contributed by atoms with Crippen LogP contribution >= 0.6 is 22.6 Å². The van der Waals surface area contributed by atoms with Gasteiger partial charge in [0.15, 0.2) is 6.40 Å². The zero-order valence-electron chi connectivity index (χ0n) is 13.4. The summed E-state index contributed by atoms with van der Waals surface area (Å²) in [7, 11) is 0. The smallest absolute Gasteiger partial charge is 0.344 e. The van der Waals surface area contributed by atoms with Gasteiger partial charge in [0, 0.05) is 9.49 Å². The fraction of sp³-hybridized carbons (Fsp3) is 0.0476. The molecule has 0 atom stereocenters. The van der Waals surface area contributed by atoms with E-state index in [2.05, 4.69) is 51.6 Å². The first kappa shape index (κ1) is 17.4. The molecule has 25 heavy (non-hydrogen) atoms. The van der Waals surface area contributed by atoms with Gasteiger partial charge < -0.3 is 4.74 Å². The second kappa shape index (κ2) is 8.07. The van der Waals surface area contributed by atoms with E-state index in [1.165, 1.54) is 11.1 Å². The molecule has 0 aliphatic heterocycles. The van der Waals surface area contributed by atoms with E-state index in [0.29, 0.717) is 12.0 Å². The van der Waals surface area contributed by atoms with Gasteiger partial charge in [-0.05, 0) is 51.4 Å². The van der Waals surface area contributed by atoms with Crippen LogP contribution < -0.4 is 0 Å². The summed E-state index contributed by atoms with van der Waals surface area (Å²) in [6.07, 6.45) is 0.653. The highest BCUT2D eigenvalue weighted by Crippen LogP contribution is 2.34. The molecule has 0 heterocycles. The number of rotatable bonds is 5. The van der Waals surface area contributed by atoms with Crippen LogP contribution in [0, 0.1) is 8.98 Å². The highest BCUT2D eigenvalue weighted by molar-refractivity contribution is 14.1. The molecule has 3 aromatic rings. The molecular formula is C21H16INO2. The summed E-state index contributed by atoms with van der Waals surface area (Å²) >= 11 is 2.25. The maximum absolute atomic E-state index is 11.8. The summed E-state index contributed by atoms with van der Waals surface area (Å²) in [4.78, 5) is 11.8. The quantitative estimate of drug-likeness (QED) is 0.194. The van der Waals surface area contributed by atoms with Gasteiger partial charge in [-0.25, -0.2) is 4.79 Å². The predicted octanol–water partition coefficient (Wildman–Crippen LogP) is 5.24. The first-order valence-corrected chi connectivity index (χ1v) is 8.88. The normalized spacial score (nSPS) is 10.5. The topological polar surface area (TPSA) is 50.1 Å². The highest BCUT2D eigenvalue weighted by Gasteiger charge is 2.20. The molecule has 0 aromatic heterocycles. The molecule has 124 valence electrons. The van der Waals surface area contributed by atoms with Crippen molar-refractivity contribution in [2.75, 3.05) is 0 Å². The number of halogens is 1. The standard InChI is InChI=1S/C21H16INO2/c22-19-13-17(21(24)25-14-23)11-12-18(19)20(15-7-3-1-4-8-15)16-9-5-2-6-10-16/h1-14,20,23H. The summed E-state index contributed by atoms with van der Waals surface area (Å²) in [5, 5.41) is 6.90. The molecule has 0 saturated carbocycles. The molecule has 3 rings (SSSR count). The Bertz CT molecular complexity index is 839. The fourth-order valence-electron chi connectivity index (χ4n) is 2.85. The Kier molecular flexibility index (Phi) is 5.60. The Balaban J connectivity index is 2.08. The second-order valence-corrected chi connectivity index (χ2v) is 6.68. The van der Waals surface area contributed by atoms with Crippen molar-refractivity contribution in [3.63, 3.8) is 0 Å². The lowest BCUT2D eigenvalue weighted by Gasteiger charge is -2.20. The highest BCUT2D eigenvalue weighted by atomic mass is 127. The van der Waals surface area contributed by atoms with E-state index in [1.807, 2.05) is 42.5 Å². The van der Waals surface area contributed by atoms with Crippen LogP contribution in [0.15, 0.2) is 78.9 Å². The number of carbonyl (C=O) groups is 1. The number of carbonyl (C=O) groups excluding carboxylic acids is 1. The van der Waals surface area contributed by atoms with E-state index in [9.17, 15) is 4.79 Å². The number of hydrogen-bond acceptors (Lipinski definition) is 3. The third-order valence-electron chi connectivity index (χ3n) is 3.98. The van der Waals surface area contributed by atoms with Crippen molar-refractivity contribution in [2.45, 2.75) is 5.92 Å². The average molecular weight is 441 g/mol. The zero-order valence-corrected chi connectivity index (χ0v) is 15.5. The van der Waals surface area contributed by atoms with Crippen molar-refractivity contribution >= 4 is 35.0 Å². The SMILES string of the molecule is N=COC(=O)c1ccc(C(c2ccccc2)c2ccccc2)c(I)c1. The van der Waals surface area contributed by atoms with Crippen LogP contribution in [0.3, 0.4) is 0 Å². The fourth-order valence-corrected chi connectivity index (χ4v) is 3.68. The van der Waals surface area contributed by atoms with E-state index in [-0.39, 0.29) is 5.92 Å². The zero-order chi connectivity index (χ0) is 17.6.